The molecule has 0 bridgehead atoms. The first-order chi connectivity index (χ1) is 6.75. The van der Waals surface area contributed by atoms with Gasteiger partial charge in [0.25, 0.3) is 0 Å². The van der Waals surface area contributed by atoms with Crippen molar-refractivity contribution in [3.63, 3.8) is 0 Å². The third-order valence-electron chi connectivity index (χ3n) is 3.35. The van der Waals surface area contributed by atoms with E-state index in [-0.39, 0.29) is 24.2 Å². The zero-order valence-electron chi connectivity index (χ0n) is 8.42. The Morgan fingerprint density at radius 1 is 1.14 bits per heavy atom. The SMILES string of the molecule is O=C1CC(=O)C(CC2CCCCC2)N1. The van der Waals surface area contributed by atoms with Crippen LogP contribution in [0.5, 0.6) is 0 Å². The number of hydrogen-bond acceptors (Lipinski definition) is 2. The lowest BCUT2D eigenvalue weighted by Crippen LogP contribution is -2.31. The molecule has 0 aromatic carbocycles. The highest BCUT2D eigenvalue weighted by Crippen LogP contribution is 2.28. The Labute approximate surface area is 84.2 Å². The summed E-state index contributed by atoms with van der Waals surface area (Å²) in [7, 11) is 0. The van der Waals surface area contributed by atoms with Crippen molar-refractivity contribution in [2.45, 2.75) is 51.0 Å². The minimum Gasteiger partial charge on any atom is -0.346 e. The zero-order chi connectivity index (χ0) is 9.97. The van der Waals surface area contributed by atoms with Crippen LogP contribution in [0.1, 0.15) is 44.9 Å². The Morgan fingerprint density at radius 2 is 1.86 bits per heavy atom. The van der Waals surface area contributed by atoms with E-state index in [1.54, 1.807) is 0 Å². The fourth-order valence-electron chi connectivity index (χ4n) is 2.55. The Kier molecular flexibility index (Phi) is 2.85. The number of nitrogens with one attached hydrogen (secondary N) is 1. The molecule has 0 aromatic heterocycles. The molecule has 1 heterocycles. The lowest BCUT2D eigenvalue weighted by atomic mass is 9.84. The van der Waals surface area contributed by atoms with Crippen molar-refractivity contribution in [2.75, 3.05) is 0 Å². The number of carbonyl (C=O) groups excluding carboxylic acids is 2. The van der Waals surface area contributed by atoms with Crippen molar-refractivity contribution in [1.82, 2.24) is 5.32 Å². The second kappa shape index (κ2) is 4.11. The molecule has 1 unspecified atom stereocenters. The lowest BCUT2D eigenvalue weighted by Gasteiger charge is -2.23. The molecule has 2 rings (SSSR count). The van der Waals surface area contributed by atoms with Gasteiger partial charge in [0.1, 0.15) is 0 Å². The van der Waals surface area contributed by atoms with Crippen molar-refractivity contribution < 1.29 is 9.59 Å². The van der Waals surface area contributed by atoms with Crippen LogP contribution in [0.4, 0.5) is 0 Å². The number of Topliss-reactive ketones (excluding diaryl/α,β-unsaturated/α-hetero) is 1. The molecule has 2 aliphatic rings. The van der Waals surface area contributed by atoms with E-state index in [2.05, 4.69) is 5.32 Å². The van der Waals surface area contributed by atoms with E-state index < -0.39 is 0 Å². The molecule has 1 atom stereocenters. The van der Waals surface area contributed by atoms with Crippen LogP contribution in [0.3, 0.4) is 0 Å². The summed E-state index contributed by atoms with van der Waals surface area (Å²) in [5.41, 5.74) is 0. The first-order valence-electron chi connectivity index (χ1n) is 5.58. The van der Waals surface area contributed by atoms with Crippen molar-refractivity contribution in [3.8, 4) is 0 Å². The number of carbonyl (C=O) groups is 2. The van der Waals surface area contributed by atoms with Crippen molar-refractivity contribution in [3.05, 3.63) is 0 Å². The topological polar surface area (TPSA) is 46.2 Å². The molecule has 2 fully saturated rings. The molecule has 1 aliphatic carbocycles. The molecule has 0 radical (unpaired) electrons. The molecule has 3 heteroatoms. The van der Waals surface area contributed by atoms with Gasteiger partial charge in [-0.3, -0.25) is 9.59 Å². The summed E-state index contributed by atoms with van der Waals surface area (Å²) >= 11 is 0. The second-order valence-corrected chi connectivity index (χ2v) is 4.50. The second-order valence-electron chi connectivity index (χ2n) is 4.50. The van der Waals surface area contributed by atoms with Gasteiger partial charge in [-0.05, 0) is 12.3 Å². The van der Waals surface area contributed by atoms with Gasteiger partial charge in [0.15, 0.2) is 5.78 Å². The quantitative estimate of drug-likeness (QED) is 0.677. The van der Waals surface area contributed by atoms with Crippen molar-refractivity contribution >= 4 is 11.7 Å². The number of rotatable bonds is 2. The summed E-state index contributed by atoms with van der Waals surface area (Å²) in [5, 5.41) is 2.76. The van der Waals surface area contributed by atoms with Crippen LogP contribution in [0, 0.1) is 5.92 Å². The van der Waals surface area contributed by atoms with Gasteiger partial charge in [-0.1, -0.05) is 32.1 Å². The van der Waals surface area contributed by atoms with Gasteiger partial charge >= 0.3 is 0 Å². The third-order valence-corrected chi connectivity index (χ3v) is 3.35. The first kappa shape index (κ1) is 9.69. The maximum atomic E-state index is 11.4. The molecule has 14 heavy (non-hydrogen) atoms. The average Bonchev–Trinajstić information content (AvgIpc) is 2.47. The Balaban J connectivity index is 1.84. The monoisotopic (exact) mass is 195 g/mol. The van der Waals surface area contributed by atoms with Crippen molar-refractivity contribution in [1.29, 1.82) is 0 Å². The van der Waals surface area contributed by atoms with E-state index in [4.69, 9.17) is 0 Å². The fraction of sp³-hybridized carbons (Fsp3) is 0.818. The minimum absolute atomic E-state index is 0.0872. The molecule has 1 saturated carbocycles. The van der Waals surface area contributed by atoms with E-state index in [1.165, 1.54) is 32.1 Å². The highest BCUT2D eigenvalue weighted by atomic mass is 16.2. The molecule has 78 valence electrons. The van der Waals surface area contributed by atoms with Crippen LogP contribution in [-0.2, 0) is 9.59 Å². The van der Waals surface area contributed by atoms with Crippen LogP contribution in [0.15, 0.2) is 0 Å². The predicted octanol–water partition coefficient (Wildman–Crippen LogP) is 1.41. The normalized spacial score (nSPS) is 29.3. The molecule has 1 N–H and O–H groups in total. The maximum Gasteiger partial charge on any atom is 0.228 e. The molecule has 1 amide bonds. The highest BCUT2D eigenvalue weighted by molar-refractivity contribution is 6.07. The Bertz CT molecular complexity index is 244. The molecule has 1 saturated heterocycles. The van der Waals surface area contributed by atoms with Crippen LogP contribution in [0.2, 0.25) is 0 Å². The summed E-state index contributed by atoms with van der Waals surface area (Å²) in [6, 6.07) is -0.161. The predicted molar refractivity (Wildman–Crippen MR) is 52.7 cm³/mol. The summed E-state index contributed by atoms with van der Waals surface area (Å²) < 4.78 is 0. The molecule has 3 nitrogen and oxygen atoms in total. The summed E-state index contributed by atoms with van der Waals surface area (Å²) in [6.07, 6.45) is 7.38. The van der Waals surface area contributed by atoms with Crippen molar-refractivity contribution in [2.24, 2.45) is 5.92 Å². The van der Waals surface area contributed by atoms with Gasteiger partial charge in [-0.25, -0.2) is 0 Å². The molecular formula is C11H17NO2. The van der Waals surface area contributed by atoms with Gasteiger partial charge in [-0.2, -0.15) is 0 Å². The molecule has 0 spiro atoms. The minimum atomic E-state index is -0.161. The Hall–Kier alpha value is -0.860. The van der Waals surface area contributed by atoms with E-state index >= 15 is 0 Å². The van der Waals surface area contributed by atoms with E-state index in [9.17, 15) is 9.59 Å². The fourth-order valence-corrected chi connectivity index (χ4v) is 2.55. The highest BCUT2D eigenvalue weighted by Gasteiger charge is 2.31. The number of hydrogen-bond donors (Lipinski definition) is 1. The average molecular weight is 195 g/mol. The van der Waals surface area contributed by atoms with Crippen LogP contribution >= 0.6 is 0 Å². The summed E-state index contributed by atoms with van der Waals surface area (Å²) in [4.78, 5) is 22.3. The van der Waals surface area contributed by atoms with Crippen LogP contribution < -0.4 is 5.32 Å². The molecular weight excluding hydrogens is 178 g/mol. The summed E-state index contributed by atoms with van der Waals surface area (Å²) in [5.74, 6) is 0.674. The molecule has 0 aromatic rings. The first-order valence-corrected chi connectivity index (χ1v) is 5.58. The number of amides is 1. The number of ketones is 1. The summed E-state index contributed by atoms with van der Waals surface area (Å²) in [6.45, 7) is 0. The zero-order valence-corrected chi connectivity index (χ0v) is 8.42. The largest absolute Gasteiger partial charge is 0.346 e. The maximum absolute atomic E-state index is 11.4. The third kappa shape index (κ3) is 2.14. The van der Waals surface area contributed by atoms with Gasteiger partial charge in [0, 0.05) is 0 Å². The van der Waals surface area contributed by atoms with Gasteiger partial charge in [0.2, 0.25) is 5.91 Å². The van der Waals surface area contributed by atoms with Gasteiger partial charge in [0.05, 0.1) is 12.5 Å². The molecule has 1 aliphatic heterocycles. The van der Waals surface area contributed by atoms with Crippen LogP contribution in [0.25, 0.3) is 0 Å². The van der Waals surface area contributed by atoms with Gasteiger partial charge < -0.3 is 5.32 Å². The van der Waals surface area contributed by atoms with E-state index in [1.807, 2.05) is 0 Å². The lowest BCUT2D eigenvalue weighted by molar-refractivity contribution is -0.122. The standard InChI is InChI=1S/C11H17NO2/c13-10-7-11(14)12-9(10)6-8-4-2-1-3-5-8/h8-9H,1-7H2,(H,12,14). The van der Waals surface area contributed by atoms with E-state index in [0.29, 0.717) is 5.92 Å². The van der Waals surface area contributed by atoms with Crippen LogP contribution in [-0.4, -0.2) is 17.7 Å². The smallest absolute Gasteiger partial charge is 0.228 e. The van der Waals surface area contributed by atoms with Gasteiger partial charge in [-0.15, -0.1) is 0 Å². The Morgan fingerprint density at radius 3 is 2.43 bits per heavy atom. The van der Waals surface area contributed by atoms with E-state index in [0.717, 1.165) is 6.42 Å².